The van der Waals surface area contributed by atoms with E-state index in [1.54, 1.807) is 32.4 Å². The highest BCUT2D eigenvalue weighted by Gasteiger charge is 2.30. The second kappa shape index (κ2) is 6.73. The fourth-order valence-corrected chi connectivity index (χ4v) is 2.28. The molecule has 1 N–H and O–H groups in total. The van der Waals surface area contributed by atoms with E-state index in [1.165, 1.54) is 5.56 Å². The molecule has 0 spiro atoms. The summed E-state index contributed by atoms with van der Waals surface area (Å²) in [5.74, 6) is 1.15. The molecular weight excluding hydrogens is 290 g/mol. The minimum absolute atomic E-state index is 0.0928. The van der Waals surface area contributed by atoms with Crippen LogP contribution in [0.1, 0.15) is 25.0 Å². The van der Waals surface area contributed by atoms with Crippen molar-refractivity contribution >= 4 is 11.6 Å². The molecule has 2 rings (SSSR count). The Morgan fingerprint density at radius 1 is 1.00 bits per heavy atom. The van der Waals surface area contributed by atoms with Crippen LogP contribution >= 0.6 is 0 Å². The molecular formula is C19H23NO3. The molecule has 0 saturated heterocycles. The molecule has 2 aromatic rings. The number of aryl methyl sites for hydroxylation is 1. The van der Waals surface area contributed by atoms with E-state index >= 15 is 0 Å². The third kappa shape index (κ3) is 3.65. The summed E-state index contributed by atoms with van der Waals surface area (Å²) in [6, 6.07) is 13.3. The fourth-order valence-electron chi connectivity index (χ4n) is 2.28. The highest BCUT2D eigenvalue weighted by atomic mass is 16.5. The number of rotatable bonds is 5. The van der Waals surface area contributed by atoms with Crippen molar-refractivity contribution in [3.8, 4) is 11.5 Å². The Labute approximate surface area is 137 Å². The number of hydrogen-bond donors (Lipinski definition) is 1. The fraction of sp³-hybridized carbons (Fsp3) is 0.316. The van der Waals surface area contributed by atoms with Crippen LogP contribution in [0.5, 0.6) is 11.5 Å². The first-order chi connectivity index (χ1) is 10.9. The van der Waals surface area contributed by atoms with Gasteiger partial charge in [-0.15, -0.1) is 0 Å². The summed E-state index contributed by atoms with van der Waals surface area (Å²) in [4.78, 5) is 12.7. The van der Waals surface area contributed by atoms with Crippen molar-refractivity contribution in [1.29, 1.82) is 0 Å². The van der Waals surface area contributed by atoms with E-state index in [0.29, 0.717) is 17.2 Å². The Morgan fingerprint density at radius 3 is 2.22 bits per heavy atom. The molecule has 0 aliphatic carbocycles. The third-order valence-electron chi connectivity index (χ3n) is 4.00. The Bertz CT molecular complexity index is 690. The average Bonchev–Trinajstić information content (AvgIpc) is 2.55. The molecule has 1 amide bonds. The van der Waals surface area contributed by atoms with Gasteiger partial charge in [-0.3, -0.25) is 4.79 Å². The molecule has 0 atom stereocenters. The second-order valence-electron chi connectivity index (χ2n) is 6.01. The van der Waals surface area contributed by atoms with E-state index in [2.05, 4.69) is 5.32 Å². The monoisotopic (exact) mass is 313 g/mol. The molecule has 0 aliphatic rings. The summed E-state index contributed by atoms with van der Waals surface area (Å²) in [5, 5.41) is 2.95. The van der Waals surface area contributed by atoms with E-state index in [0.717, 1.165) is 5.56 Å². The largest absolute Gasteiger partial charge is 0.497 e. The number of benzene rings is 2. The van der Waals surface area contributed by atoms with Crippen LogP contribution in [0, 0.1) is 6.92 Å². The highest BCUT2D eigenvalue weighted by Crippen LogP contribution is 2.31. The molecule has 122 valence electrons. The molecule has 2 aromatic carbocycles. The Kier molecular flexibility index (Phi) is 4.94. The minimum Gasteiger partial charge on any atom is -0.497 e. The zero-order chi connectivity index (χ0) is 17.0. The van der Waals surface area contributed by atoms with E-state index in [-0.39, 0.29) is 5.91 Å². The van der Waals surface area contributed by atoms with Crippen molar-refractivity contribution in [2.75, 3.05) is 19.5 Å². The van der Waals surface area contributed by atoms with Gasteiger partial charge >= 0.3 is 0 Å². The molecule has 0 saturated carbocycles. The lowest BCUT2D eigenvalue weighted by atomic mass is 9.83. The maximum absolute atomic E-state index is 12.7. The molecule has 0 bridgehead atoms. The van der Waals surface area contributed by atoms with Crippen molar-refractivity contribution in [1.82, 2.24) is 0 Å². The van der Waals surface area contributed by atoms with Gasteiger partial charge in [-0.25, -0.2) is 0 Å². The summed E-state index contributed by atoms with van der Waals surface area (Å²) >= 11 is 0. The number of anilines is 1. The van der Waals surface area contributed by atoms with Gasteiger partial charge in [0.1, 0.15) is 11.5 Å². The van der Waals surface area contributed by atoms with Crippen molar-refractivity contribution in [3.63, 3.8) is 0 Å². The topological polar surface area (TPSA) is 47.6 Å². The lowest BCUT2D eigenvalue weighted by Gasteiger charge is -2.25. The van der Waals surface area contributed by atoms with Gasteiger partial charge < -0.3 is 14.8 Å². The van der Waals surface area contributed by atoms with E-state index < -0.39 is 5.41 Å². The van der Waals surface area contributed by atoms with Crippen LogP contribution in [0.4, 0.5) is 5.69 Å². The molecule has 4 nitrogen and oxygen atoms in total. The van der Waals surface area contributed by atoms with Gasteiger partial charge in [-0.05, 0) is 38.5 Å². The lowest BCUT2D eigenvalue weighted by molar-refractivity contribution is -0.120. The standard InChI is InChI=1S/C19H23NO3/c1-13-6-8-14(9-7-13)19(2,3)18(21)20-16-11-10-15(22-4)12-17(16)23-5/h6-12H,1-5H3,(H,20,21). The van der Waals surface area contributed by atoms with Crippen LogP contribution in [-0.2, 0) is 10.2 Å². The second-order valence-corrected chi connectivity index (χ2v) is 6.01. The molecule has 0 fully saturated rings. The van der Waals surface area contributed by atoms with Crippen molar-refractivity contribution in [2.45, 2.75) is 26.2 Å². The van der Waals surface area contributed by atoms with Gasteiger partial charge in [0.05, 0.1) is 25.3 Å². The van der Waals surface area contributed by atoms with E-state index in [9.17, 15) is 4.79 Å². The number of carbonyl (C=O) groups is 1. The van der Waals surface area contributed by atoms with Crippen molar-refractivity contribution < 1.29 is 14.3 Å². The zero-order valence-corrected chi connectivity index (χ0v) is 14.3. The highest BCUT2D eigenvalue weighted by molar-refractivity contribution is 5.99. The Hall–Kier alpha value is -2.49. The smallest absolute Gasteiger partial charge is 0.234 e. The molecule has 0 unspecified atom stereocenters. The van der Waals surface area contributed by atoms with Crippen LogP contribution in [0.3, 0.4) is 0 Å². The predicted octanol–water partition coefficient (Wildman–Crippen LogP) is 3.93. The average molecular weight is 313 g/mol. The van der Waals surface area contributed by atoms with Gasteiger partial charge in [-0.1, -0.05) is 29.8 Å². The minimum atomic E-state index is -0.654. The molecule has 23 heavy (non-hydrogen) atoms. The maximum atomic E-state index is 12.7. The van der Waals surface area contributed by atoms with Gasteiger partial charge in [0.15, 0.2) is 0 Å². The number of nitrogens with one attached hydrogen (secondary N) is 1. The van der Waals surface area contributed by atoms with Gasteiger partial charge in [0.2, 0.25) is 5.91 Å². The first-order valence-corrected chi connectivity index (χ1v) is 7.49. The number of hydrogen-bond acceptors (Lipinski definition) is 3. The van der Waals surface area contributed by atoms with E-state index in [4.69, 9.17) is 9.47 Å². The number of ether oxygens (including phenoxy) is 2. The van der Waals surface area contributed by atoms with Gasteiger partial charge in [0, 0.05) is 6.07 Å². The molecule has 0 heterocycles. The number of carbonyl (C=O) groups excluding carboxylic acids is 1. The third-order valence-corrected chi connectivity index (χ3v) is 4.00. The number of methoxy groups -OCH3 is 2. The molecule has 0 aromatic heterocycles. The summed E-state index contributed by atoms with van der Waals surface area (Å²) in [5.41, 5.74) is 2.10. The van der Waals surface area contributed by atoms with Crippen LogP contribution in [0.25, 0.3) is 0 Å². The molecule has 0 aliphatic heterocycles. The quantitative estimate of drug-likeness (QED) is 0.910. The summed E-state index contributed by atoms with van der Waals surface area (Å²) in [6.07, 6.45) is 0. The molecule has 4 heteroatoms. The Morgan fingerprint density at radius 2 is 1.65 bits per heavy atom. The SMILES string of the molecule is COc1ccc(NC(=O)C(C)(C)c2ccc(C)cc2)c(OC)c1. The summed E-state index contributed by atoms with van der Waals surface area (Å²) in [7, 11) is 3.16. The van der Waals surface area contributed by atoms with E-state index in [1.807, 2.05) is 45.0 Å². The van der Waals surface area contributed by atoms with Crippen LogP contribution < -0.4 is 14.8 Å². The maximum Gasteiger partial charge on any atom is 0.234 e. The lowest BCUT2D eigenvalue weighted by Crippen LogP contribution is -2.34. The Balaban J connectivity index is 2.25. The van der Waals surface area contributed by atoms with Crippen LogP contribution in [0.15, 0.2) is 42.5 Å². The predicted molar refractivity (Wildman–Crippen MR) is 92.4 cm³/mol. The van der Waals surface area contributed by atoms with Crippen molar-refractivity contribution in [2.24, 2.45) is 0 Å². The zero-order valence-electron chi connectivity index (χ0n) is 14.3. The summed E-state index contributed by atoms with van der Waals surface area (Å²) < 4.78 is 10.5. The summed E-state index contributed by atoms with van der Waals surface area (Å²) in [6.45, 7) is 5.84. The van der Waals surface area contributed by atoms with Crippen molar-refractivity contribution in [3.05, 3.63) is 53.6 Å². The van der Waals surface area contributed by atoms with Crippen LogP contribution in [0.2, 0.25) is 0 Å². The van der Waals surface area contributed by atoms with Crippen LogP contribution in [-0.4, -0.2) is 20.1 Å². The van der Waals surface area contributed by atoms with Gasteiger partial charge in [0.25, 0.3) is 0 Å². The van der Waals surface area contributed by atoms with Gasteiger partial charge in [-0.2, -0.15) is 0 Å². The molecule has 0 radical (unpaired) electrons. The first-order valence-electron chi connectivity index (χ1n) is 7.49. The number of amides is 1. The first kappa shape index (κ1) is 16.9. The normalized spacial score (nSPS) is 11.0.